The lowest BCUT2D eigenvalue weighted by atomic mass is 10.2. The molecule has 0 radical (unpaired) electrons. The highest BCUT2D eigenvalue weighted by Crippen LogP contribution is 2.23. The van der Waals surface area contributed by atoms with Gasteiger partial charge in [0.2, 0.25) is 0 Å². The average Bonchev–Trinajstić information content (AvgIpc) is 3.32. The first-order chi connectivity index (χ1) is 9.83. The third-order valence-corrected chi connectivity index (χ3v) is 3.31. The lowest BCUT2D eigenvalue weighted by molar-refractivity contribution is 0.482. The van der Waals surface area contributed by atoms with Gasteiger partial charge < -0.3 is 10.1 Å². The van der Waals surface area contributed by atoms with Gasteiger partial charge in [-0.05, 0) is 54.8 Å². The minimum absolute atomic E-state index is 0.638. The van der Waals surface area contributed by atoms with Crippen molar-refractivity contribution in [3.63, 3.8) is 0 Å². The highest BCUT2D eigenvalue weighted by Gasteiger charge is 2.19. The topological polar surface area (TPSA) is 45.0 Å². The van der Waals surface area contributed by atoms with Crippen molar-refractivity contribution in [1.82, 2.24) is 5.32 Å². The van der Waals surface area contributed by atoms with Crippen molar-refractivity contribution in [1.29, 1.82) is 5.26 Å². The van der Waals surface area contributed by atoms with Crippen LogP contribution >= 0.6 is 0 Å². The monoisotopic (exact) mass is 264 g/mol. The number of rotatable bonds is 5. The zero-order valence-electron chi connectivity index (χ0n) is 11.2. The second kappa shape index (κ2) is 5.77. The average molecular weight is 264 g/mol. The zero-order valence-corrected chi connectivity index (χ0v) is 11.2. The fourth-order valence-electron chi connectivity index (χ4n) is 1.96. The molecule has 0 bridgehead atoms. The van der Waals surface area contributed by atoms with Crippen LogP contribution in [0.2, 0.25) is 0 Å². The first kappa shape index (κ1) is 12.7. The highest BCUT2D eigenvalue weighted by atomic mass is 16.5. The Kier molecular flexibility index (Phi) is 3.67. The molecular weight excluding hydrogens is 248 g/mol. The molecule has 1 aliphatic rings. The molecule has 0 saturated heterocycles. The van der Waals surface area contributed by atoms with E-state index >= 15 is 0 Å². The van der Waals surface area contributed by atoms with Gasteiger partial charge in [0, 0.05) is 12.6 Å². The van der Waals surface area contributed by atoms with Crippen molar-refractivity contribution in [2.24, 2.45) is 0 Å². The van der Waals surface area contributed by atoms with Gasteiger partial charge in [-0.3, -0.25) is 0 Å². The van der Waals surface area contributed by atoms with Crippen LogP contribution in [0.3, 0.4) is 0 Å². The summed E-state index contributed by atoms with van der Waals surface area (Å²) in [6.07, 6.45) is 2.61. The third kappa shape index (κ3) is 3.37. The number of benzene rings is 2. The van der Waals surface area contributed by atoms with Crippen molar-refractivity contribution >= 4 is 0 Å². The smallest absolute Gasteiger partial charge is 0.127 e. The molecule has 0 atom stereocenters. The molecule has 1 fully saturated rings. The van der Waals surface area contributed by atoms with Crippen molar-refractivity contribution in [3.8, 4) is 17.6 Å². The summed E-state index contributed by atoms with van der Waals surface area (Å²) in [6, 6.07) is 18.0. The van der Waals surface area contributed by atoms with Crippen molar-refractivity contribution in [2.75, 3.05) is 0 Å². The molecule has 0 unspecified atom stereocenters. The predicted molar refractivity (Wildman–Crippen MR) is 77.5 cm³/mol. The number of nitriles is 1. The SMILES string of the molecule is N#Cc1ccc(Oc2ccc(CNC3CC3)cc2)cc1. The Morgan fingerprint density at radius 1 is 1.00 bits per heavy atom. The van der Waals surface area contributed by atoms with Crippen LogP contribution in [0.4, 0.5) is 0 Å². The van der Waals surface area contributed by atoms with Gasteiger partial charge in [0.15, 0.2) is 0 Å². The van der Waals surface area contributed by atoms with E-state index < -0.39 is 0 Å². The zero-order chi connectivity index (χ0) is 13.8. The van der Waals surface area contributed by atoms with Crippen LogP contribution in [0.5, 0.6) is 11.5 Å². The van der Waals surface area contributed by atoms with E-state index in [4.69, 9.17) is 10.00 Å². The molecule has 0 aliphatic heterocycles. The van der Waals surface area contributed by atoms with E-state index in [9.17, 15) is 0 Å². The molecule has 3 heteroatoms. The minimum atomic E-state index is 0.638. The van der Waals surface area contributed by atoms with Gasteiger partial charge in [-0.2, -0.15) is 5.26 Å². The Labute approximate surface area is 118 Å². The molecule has 100 valence electrons. The summed E-state index contributed by atoms with van der Waals surface area (Å²) in [7, 11) is 0. The maximum Gasteiger partial charge on any atom is 0.127 e. The molecule has 3 nitrogen and oxygen atoms in total. The van der Waals surface area contributed by atoms with Crippen molar-refractivity contribution in [2.45, 2.75) is 25.4 Å². The maximum absolute atomic E-state index is 8.75. The summed E-state index contributed by atoms with van der Waals surface area (Å²) < 4.78 is 5.74. The molecule has 0 heterocycles. The van der Waals surface area contributed by atoms with E-state index in [2.05, 4.69) is 23.5 Å². The summed E-state index contributed by atoms with van der Waals surface area (Å²) in [5.74, 6) is 1.55. The second-order valence-electron chi connectivity index (χ2n) is 5.04. The van der Waals surface area contributed by atoms with Crippen LogP contribution in [0, 0.1) is 11.3 Å². The summed E-state index contributed by atoms with van der Waals surface area (Å²) in [4.78, 5) is 0. The molecule has 3 rings (SSSR count). The van der Waals surface area contributed by atoms with E-state index in [-0.39, 0.29) is 0 Å². The van der Waals surface area contributed by atoms with Crippen LogP contribution in [0.15, 0.2) is 48.5 Å². The molecule has 20 heavy (non-hydrogen) atoms. The summed E-state index contributed by atoms with van der Waals surface area (Å²) in [6.45, 7) is 0.918. The molecule has 2 aromatic carbocycles. The van der Waals surface area contributed by atoms with Gasteiger partial charge in [0.1, 0.15) is 11.5 Å². The molecule has 2 aromatic rings. The summed E-state index contributed by atoms with van der Waals surface area (Å²) in [5, 5.41) is 12.2. The number of ether oxygens (including phenoxy) is 1. The van der Waals surface area contributed by atoms with Gasteiger partial charge in [-0.15, -0.1) is 0 Å². The van der Waals surface area contributed by atoms with Gasteiger partial charge in [-0.1, -0.05) is 12.1 Å². The normalized spacial score (nSPS) is 13.8. The van der Waals surface area contributed by atoms with E-state index in [1.807, 2.05) is 12.1 Å². The van der Waals surface area contributed by atoms with Crippen LogP contribution < -0.4 is 10.1 Å². The van der Waals surface area contributed by atoms with Crippen LogP contribution in [0.25, 0.3) is 0 Å². The number of nitrogens with zero attached hydrogens (tertiary/aromatic N) is 1. The lowest BCUT2D eigenvalue weighted by Gasteiger charge is -2.07. The molecule has 0 amide bonds. The van der Waals surface area contributed by atoms with E-state index in [1.165, 1.54) is 18.4 Å². The molecule has 1 aliphatic carbocycles. The third-order valence-electron chi connectivity index (χ3n) is 3.31. The Morgan fingerprint density at radius 3 is 2.15 bits per heavy atom. The fourth-order valence-corrected chi connectivity index (χ4v) is 1.96. The first-order valence-electron chi connectivity index (χ1n) is 6.84. The van der Waals surface area contributed by atoms with Crippen LogP contribution in [-0.2, 0) is 6.54 Å². The highest BCUT2D eigenvalue weighted by molar-refractivity contribution is 5.37. The van der Waals surface area contributed by atoms with Gasteiger partial charge in [-0.25, -0.2) is 0 Å². The van der Waals surface area contributed by atoms with Gasteiger partial charge >= 0.3 is 0 Å². The Balaban J connectivity index is 1.60. The minimum Gasteiger partial charge on any atom is -0.457 e. The molecule has 1 saturated carbocycles. The Bertz CT molecular complexity index is 607. The standard InChI is InChI=1S/C17H16N2O/c18-11-13-1-7-16(8-2-13)20-17-9-3-14(4-10-17)12-19-15-5-6-15/h1-4,7-10,15,19H,5-6,12H2. The van der Waals surface area contributed by atoms with Crippen LogP contribution in [-0.4, -0.2) is 6.04 Å². The van der Waals surface area contributed by atoms with E-state index in [0.717, 1.165) is 24.1 Å². The van der Waals surface area contributed by atoms with Crippen molar-refractivity contribution in [3.05, 3.63) is 59.7 Å². The molecular formula is C17H16N2O. The number of nitrogens with one attached hydrogen (secondary N) is 1. The van der Waals surface area contributed by atoms with Gasteiger partial charge in [0.05, 0.1) is 11.6 Å². The quantitative estimate of drug-likeness (QED) is 0.897. The van der Waals surface area contributed by atoms with Crippen molar-refractivity contribution < 1.29 is 4.74 Å². The Morgan fingerprint density at radius 2 is 1.60 bits per heavy atom. The second-order valence-corrected chi connectivity index (χ2v) is 5.04. The van der Waals surface area contributed by atoms with Crippen LogP contribution in [0.1, 0.15) is 24.0 Å². The van der Waals surface area contributed by atoms with Gasteiger partial charge in [0.25, 0.3) is 0 Å². The molecule has 0 spiro atoms. The summed E-state index contributed by atoms with van der Waals surface area (Å²) in [5.41, 5.74) is 1.91. The Hall–Kier alpha value is -2.31. The summed E-state index contributed by atoms with van der Waals surface area (Å²) >= 11 is 0. The van der Waals surface area contributed by atoms with E-state index in [0.29, 0.717) is 5.56 Å². The maximum atomic E-state index is 8.75. The number of hydrogen-bond donors (Lipinski definition) is 1. The molecule has 0 aromatic heterocycles. The largest absolute Gasteiger partial charge is 0.457 e. The lowest BCUT2D eigenvalue weighted by Crippen LogP contribution is -2.14. The number of hydrogen-bond acceptors (Lipinski definition) is 3. The fraction of sp³-hybridized carbons (Fsp3) is 0.235. The predicted octanol–water partition coefficient (Wildman–Crippen LogP) is 3.60. The van der Waals surface area contributed by atoms with E-state index in [1.54, 1.807) is 24.3 Å². The first-order valence-corrected chi connectivity index (χ1v) is 6.84. The molecule has 1 N–H and O–H groups in total.